The van der Waals surface area contributed by atoms with Crippen molar-refractivity contribution >= 4 is 11.8 Å². The molecule has 1 saturated heterocycles. The van der Waals surface area contributed by atoms with Gasteiger partial charge in [0, 0.05) is 12.4 Å². The highest BCUT2D eigenvalue weighted by Crippen LogP contribution is 2.05. The van der Waals surface area contributed by atoms with Gasteiger partial charge in [0.05, 0.1) is 19.6 Å². The molecule has 2 amide bonds. The standard InChI is InChI=1S/C10H11N3O2/c14-9-5-12-6-10(15)13(9)7-8-1-3-11-4-2-8/h1-4,12H,5-7H2. The number of hydrogen-bond donors (Lipinski definition) is 1. The number of hydrogen-bond acceptors (Lipinski definition) is 4. The van der Waals surface area contributed by atoms with Crippen LogP contribution in [0.2, 0.25) is 0 Å². The van der Waals surface area contributed by atoms with Gasteiger partial charge >= 0.3 is 0 Å². The van der Waals surface area contributed by atoms with Crippen LogP contribution in [0.15, 0.2) is 24.5 Å². The van der Waals surface area contributed by atoms with Crippen molar-refractivity contribution in [2.75, 3.05) is 13.1 Å². The van der Waals surface area contributed by atoms with Gasteiger partial charge in [0.25, 0.3) is 0 Å². The molecule has 0 spiro atoms. The zero-order chi connectivity index (χ0) is 10.7. The van der Waals surface area contributed by atoms with Gasteiger partial charge in [-0.2, -0.15) is 0 Å². The minimum Gasteiger partial charge on any atom is -0.300 e. The molecule has 1 fully saturated rings. The first-order valence-corrected chi connectivity index (χ1v) is 4.70. The summed E-state index contributed by atoms with van der Waals surface area (Å²) in [5, 5.41) is 2.75. The fourth-order valence-electron chi connectivity index (χ4n) is 1.45. The Labute approximate surface area is 87.1 Å². The van der Waals surface area contributed by atoms with E-state index in [0.29, 0.717) is 6.54 Å². The van der Waals surface area contributed by atoms with Gasteiger partial charge in [-0.05, 0) is 17.7 Å². The smallest absolute Gasteiger partial charge is 0.243 e. The number of rotatable bonds is 2. The zero-order valence-electron chi connectivity index (χ0n) is 8.14. The van der Waals surface area contributed by atoms with E-state index in [1.54, 1.807) is 24.5 Å². The van der Waals surface area contributed by atoms with Crippen molar-refractivity contribution in [3.63, 3.8) is 0 Å². The lowest BCUT2D eigenvalue weighted by Crippen LogP contribution is -2.51. The molecule has 5 heteroatoms. The summed E-state index contributed by atoms with van der Waals surface area (Å²) in [5.74, 6) is -0.355. The molecular weight excluding hydrogens is 194 g/mol. The van der Waals surface area contributed by atoms with E-state index in [2.05, 4.69) is 10.3 Å². The van der Waals surface area contributed by atoms with E-state index in [4.69, 9.17) is 0 Å². The van der Waals surface area contributed by atoms with Crippen molar-refractivity contribution in [3.8, 4) is 0 Å². The predicted octanol–water partition coefficient (Wildman–Crippen LogP) is -0.460. The van der Waals surface area contributed by atoms with Gasteiger partial charge in [0.1, 0.15) is 0 Å². The molecule has 0 saturated carbocycles. The molecule has 1 aromatic rings. The minimum atomic E-state index is -0.178. The van der Waals surface area contributed by atoms with Crippen LogP contribution >= 0.6 is 0 Å². The normalized spacial score (nSPS) is 16.9. The Morgan fingerprint density at radius 3 is 2.40 bits per heavy atom. The Bertz CT molecular complexity index is 362. The number of carbonyl (C=O) groups is 2. The Morgan fingerprint density at radius 1 is 1.20 bits per heavy atom. The zero-order valence-corrected chi connectivity index (χ0v) is 8.14. The van der Waals surface area contributed by atoms with E-state index in [0.717, 1.165) is 5.56 Å². The maximum Gasteiger partial charge on any atom is 0.243 e. The minimum absolute atomic E-state index is 0.178. The molecular formula is C10H11N3O2. The largest absolute Gasteiger partial charge is 0.300 e. The third-order valence-corrected chi connectivity index (χ3v) is 2.24. The lowest BCUT2D eigenvalue weighted by Gasteiger charge is -2.25. The molecule has 0 aliphatic carbocycles. The Hall–Kier alpha value is -1.75. The van der Waals surface area contributed by atoms with E-state index in [9.17, 15) is 9.59 Å². The molecule has 0 atom stereocenters. The molecule has 1 N–H and O–H groups in total. The fourth-order valence-corrected chi connectivity index (χ4v) is 1.45. The SMILES string of the molecule is O=C1CNCC(=O)N1Cc1ccncc1. The average molecular weight is 205 g/mol. The summed E-state index contributed by atoms with van der Waals surface area (Å²) in [4.78, 5) is 28.0. The van der Waals surface area contributed by atoms with Crippen LogP contribution in [0.3, 0.4) is 0 Å². The lowest BCUT2D eigenvalue weighted by atomic mass is 10.2. The Kier molecular flexibility index (Phi) is 2.73. The Balaban J connectivity index is 2.10. The van der Waals surface area contributed by atoms with Gasteiger partial charge in [-0.25, -0.2) is 0 Å². The fraction of sp³-hybridized carbons (Fsp3) is 0.300. The van der Waals surface area contributed by atoms with Crippen LogP contribution in [-0.4, -0.2) is 34.8 Å². The van der Waals surface area contributed by atoms with Crippen molar-refractivity contribution in [1.29, 1.82) is 0 Å². The number of nitrogens with zero attached hydrogens (tertiary/aromatic N) is 2. The van der Waals surface area contributed by atoms with Crippen molar-refractivity contribution in [2.24, 2.45) is 0 Å². The van der Waals surface area contributed by atoms with Crippen molar-refractivity contribution in [1.82, 2.24) is 15.2 Å². The van der Waals surface area contributed by atoms with Crippen LogP contribution < -0.4 is 5.32 Å². The van der Waals surface area contributed by atoms with E-state index in [-0.39, 0.29) is 24.9 Å². The van der Waals surface area contributed by atoms with Crippen LogP contribution in [0.1, 0.15) is 5.56 Å². The molecule has 0 bridgehead atoms. The number of carbonyl (C=O) groups excluding carboxylic acids is 2. The second kappa shape index (κ2) is 4.18. The highest BCUT2D eigenvalue weighted by Gasteiger charge is 2.25. The molecule has 0 aromatic carbocycles. The summed E-state index contributed by atoms with van der Waals surface area (Å²) >= 11 is 0. The van der Waals surface area contributed by atoms with E-state index >= 15 is 0 Å². The number of piperazine rings is 1. The number of pyridine rings is 1. The monoisotopic (exact) mass is 205 g/mol. The second-order valence-electron chi connectivity index (χ2n) is 3.33. The van der Waals surface area contributed by atoms with Gasteiger partial charge < -0.3 is 0 Å². The lowest BCUT2D eigenvalue weighted by molar-refractivity contribution is -0.147. The predicted molar refractivity (Wildman–Crippen MR) is 52.7 cm³/mol. The average Bonchev–Trinajstić information content (AvgIpc) is 2.25. The third-order valence-electron chi connectivity index (χ3n) is 2.24. The quantitative estimate of drug-likeness (QED) is 0.664. The topological polar surface area (TPSA) is 62.3 Å². The van der Waals surface area contributed by atoms with Crippen LogP contribution in [0.25, 0.3) is 0 Å². The molecule has 1 aromatic heterocycles. The van der Waals surface area contributed by atoms with Gasteiger partial charge in [0.2, 0.25) is 11.8 Å². The molecule has 1 aliphatic heterocycles. The second-order valence-corrected chi connectivity index (χ2v) is 3.33. The van der Waals surface area contributed by atoms with Crippen LogP contribution in [-0.2, 0) is 16.1 Å². The van der Waals surface area contributed by atoms with Gasteiger partial charge in [-0.15, -0.1) is 0 Å². The van der Waals surface area contributed by atoms with Crippen LogP contribution in [0, 0.1) is 0 Å². The number of imide groups is 1. The summed E-state index contributed by atoms with van der Waals surface area (Å²) in [6, 6.07) is 3.59. The maximum absolute atomic E-state index is 11.4. The molecule has 78 valence electrons. The van der Waals surface area contributed by atoms with Crippen LogP contribution in [0.4, 0.5) is 0 Å². The summed E-state index contributed by atoms with van der Waals surface area (Å²) in [6.45, 7) is 0.801. The van der Waals surface area contributed by atoms with Gasteiger partial charge in [-0.1, -0.05) is 0 Å². The first-order valence-electron chi connectivity index (χ1n) is 4.70. The first kappa shape index (κ1) is 9.79. The first-order chi connectivity index (χ1) is 7.27. The maximum atomic E-state index is 11.4. The molecule has 5 nitrogen and oxygen atoms in total. The highest BCUT2D eigenvalue weighted by atomic mass is 16.2. The van der Waals surface area contributed by atoms with Crippen molar-refractivity contribution < 1.29 is 9.59 Å². The van der Waals surface area contributed by atoms with E-state index < -0.39 is 0 Å². The van der Waals surface area contributed by atoms with E-state index in [1.807, 2.05) is 0 Å². The molecule has 2 rings (SSSR count). The summed E-state index contributed by atoms with van der Waals surface area (Å²) in [6.07, 6.45) is 3.29. The third kappa shape index (κ3) is 2.19. The Morgan fingerprint density at radius 2 is 1.80 bits per heavy atom. The van der Waals surface area contributed by atoms with Crippen molar-refractivity contribution in [2.45, 2.75) is 6.54 Å². The summed E-state index contributed by atoms with van der Waals surface area (Å²) in [5.41, 5.74) is 0.911. The van der Waals surface area contributed by atoms with E-state index in [1.165, 1.54) is 4.90 Å². The molecule has 0 radical (unpaired) electrons. The molecule has 15 heavy (non-hydrogen) atoms. The van der Waals surface area contributed by atoms with Crippen LogP contribution in [0.5, 0.6) is 0 Å². The number of nitrogens with one attached hydrogen (secondary N) is 1. The molecule has 0 unspecified atom stereocenters. The number of aromatic nitrogens is 1. The molecule has 1 aliphatic rings. The summed E-state index contributed by atoms with van der Waals surface area (Å²) in [7, 11) is 0. The van der Waals surface area contributed by atoms with Gasteiger partial charge in [-0.3, -0.25) is 24.8 Å². The van der Waals surface area contributed by atoms with Crippen molar-refractivity contribution in [3.05, 3.63) is 30.1 Å². The number of amides is 2. The highest BCUT2D eigenvalue weighted by molar-refractivity contribution is 5.99. The van der Waals surface area contributed by atoms with Gasteiger partial charge in [0.15, 0.2) is 0 Å². The summed E-state index contributed by atoms with van der Waals surface area (Å²) < 4.78 is 0. The molecule has 2 heterocycles.